The average molecular weight is 285 g/mol. The van der Waals surface area contributed by atoms with Crippen molar-refractivity contribution in [1.82, 2.24) is 9.78 Å². The lowest BCUT2D eigenvalue weighted by Gasteiger charge is -2.13. The number of benzene rings is 1. The Balaban J connectivity index is 2.60. The molecule has 0 aliphatic heterocycles. The van der Waals surface area contributed by atoms with Gasteiger partial charge in [-0.2, -0.15) is 5.10 Å². The lowest BCUT2D eigenvalue weighted by Crippen LogP contribution is -2.06. The fraction of sp³-hybridized carbons (Fsp3) is 0.308. The minimum Gasteiger partial charge on any atom is -0.392 e. The summed E-state index contributed by atoms with van der Waals surface area (Å²) >= 11 is 12.1. The van der Waals surface area contributed by atoms with E-state index in [0.29, 0.717) is 10.0 Å². The molecule has 0 saturated carbocycles. The number of aliphatic hydroxyl groups is 1. The molecule has 0 aliphatic carbocycles. The predicted molar refractivity (Wildman–Crippen MR) is 73.6 cm³/mol. The first-order valence-electron chi connectivity index (χ1n) is 5.67. The highest BCUT2D eigenvalue weighted by atomic mass is 35.5. The third kappa shape index (κ3) is 2.39. The lowest BCUT2D eigenvalue weighted by atomic mass is 10.1. The van der Waals surface area contributed by atoms with Gasteiger partial charge in [0, 0.05) is 10.6 Å². The number of hydrogen-bond donors (Lipinski definition) is 1. The van der Waals surface area contributed by atoms with Gasteiger partial charge in [0.15, 0.2) is 0 Å². The molecule has 5 heteroatoms. The topological polar surface area (TPSA) is 38.1 Å². The Kier molecular flexibility index (Phi) is 3.95. The summed E-state index contributed by atoms with van der Waals surface area (Å²) in [5, 5.41) is 14.8. The van der Waals surface area contributed by atoms with Crippen LogP contribution in [-0.2, 0) is 6.61 Å². The monoisotopic (exact) mass is 284 g/mol. The molecule has 1 aromatic carbocycles. The summed E-state index contributed by atoms with van der Waals surface area (Å²) in [6.07, 6.45) is 1.67. The first-order chi connectivity index (χ1) is 8.54. The Morgan fingerprint density at radius 1 is 1.33 bits per heavy atom. The van der Waals surface area contributed by atoms with Crippen LogP contribution >= 0.6 is 23.2 Å². The number of aliphatic hydroxyl groups excluding tert-OH is 1. The molecule has 1 N–H and O–H groups in total. The van der Waals surface area contributed by atoms with Gasteiger partial charge in [-0.05, 0) is 24.1 Å². The second-order valence-corrected chi connectivity index (χ2v) is 5.22. The van der Waals surface area contributed by atoms with Crippen LogP contribution in [0.3, 0.4) is 0 Å². The normalized spacial score (nSPS) is 11.2. The molecular weight excluding hydrogens is 271 g/mol. The molecule has 2 rings (SSSR count). The van der Waals surface area contributed by atoms with Gasteiger partial charge in [0.2, 0.25) is 0 Å². The summed E-state index contributed by atoms with van der Waals surface area (Å²) < 4.78 is 1.76. The summed E-state index contributed by atoms with van der Waals surface area (Å²) in [5.41, 5.74) is 2.54. The quantitative estimate of drug-likeness (QED) is 0.931. The van der Waals surface area contributed by atoms with E-state index in [2.05, 4.69) is 18.9 Å². The Morgan fingerprint density at radius 3 is 2.61 bits per heavy atom. The van der Waals surface area contributed by atoms with Gasteiger partial charge in [0.05, 0.1) is 29.2 Å². The van der Waals surface area contributed by atoms with Crippen LogP contribution in [0.2, 0.25) is 10.0 Å². The van der Waals surface area contributed by atoms with Crippen molar-refractivity contribution >= 4 is 23.2 Å². The van der Waals surface area contributed by atoms with E-state index in [1.165, 1.54) is 0 Å². The minimum absolute atomic E-state index is 0.0290. The van der Waals surface area contributed by atoms with Gasteiger partial charge in [-0.25, -0.2) is 4.68 Å². The molecule has 1 heterocycles. The van der Waals surface area contributed by atoms with E-state index in [0.717, 1.165) is 16.9 Å². The number of nitrogens with zero attached hydrogens (tertiary/aromatic N) is 2. The fourth-order valence-electron chi connectivity index (χ4n) is 1.97. The summed E-state index contributed by atoms with van der Waals surface area (Å²) in [6, 6.07) is 5.28. The molecule has 3 nitrogen and oxygen atoms in total. The molecule has 0 amide bonds. The zero-order valence-corrected chi connectivity index (χ0v) is 11.7. The predicted octanol–water partition coefficient (Wildman–Crippen LogP) is 3.79. The molecule has 0 fully saturated rings. The molecule has 0 bridgehead atoms. The Bertz CT molecular complexity index is 564. The van der Waals surface area contributed by atoms with Crippen molar-refractivity contribution in [3.63, 3.8) is 0 Å². The summed E-state index contributed by atoms with van der Waals surface area (Å²) in [6.45, 7) is 4.08. The van der Waals surface area contributed by atoms with Gasteiger partial charge < -0.3 is 5.11 Å². The van der Waals surface area contributed by atoms with Crippen LogP contribution in [0.1, 0.15) is 31.0 Å². The largest absolute Gasteiger partial charge is 0.392 e. The molecule has 96 valence electrons. The van der Waals surface area contributed by atoms with E-state index < -0.39 is 0 Å². The summed E-state index contributed by atoms with van der Waals surface area (Å²) in [7, 11) is 0. The van der Waals surface area contributed by atoms with Crippen LogP contribution in [0, 0.1) is 0 Å². The molecule has 0 saturated heterocycles. The van der Waals surface area contributed by atoms with Crippen molar-refractivity contribution < 1.29 is 5.11 Å². The van der Waals surface area contributed by atoms with Crippen LogP contribution < -0.4 is 0 Å². The maximum atomic E-state index is 9.33. The minimum atomic E-state index is -0.0290. The van der Waals surface area contributed by atoms with Gasteiger partial charge >= 0.3 is 0 Å². The first kappa shape index (κ1) is 13.4. The Morgan fingerprint density at radius 2 is 2.06 bits per heavy atom. The standard InChI is InChI=1S/C13H14Cl2N2O/c1-8(2)13-9(7-18)6-16-17(13)12-4-3-10(14)5-11(12)15/h3-6,8,18H,7H2,1-2H3. The summed E-state index contributed by atoms with van der Waals surface area (Å²) in [5.74, 6) is 0.237. The van der Waals surface area contributed by atoms with Crippen LogP contribution in [0.15, 0.2) is 24.4 Å². The van der Waals surface area contributed by atoms with E-state index >= 15 is 0 Å². The van der Waals surface area contributed by atoms with Crippen molar-refractivity contribution in [2.24, 2.45) is 0 Å². The molecular formula is C13H14Cl2N2O. The third-order valence-electron chi connectivity index (χ3n) is 2.74. The van der Waals surface area contributed by atoms with Crippen molar-refractivity contribution in [1.29, 1.82) is 0 Å². The molecule has 0 spiro atoms. The van der Waals surface area contributed by atoms with Crippen molar-refractivity contribution in [2.75, 3.05) is 0 Å². The molecule has 0 radical (unpaired) electrons. The number of aromatic nitrogens is 2. The lowest BCUT2D eigenvalue weighted by molar-refractivity contribution is 0.280. The highest BCUT2D eigenvalue weighted by molar-refractivity contribution is 6.35. The molecule has 0 atom stereocenters. The summed E-state index contributed by atoms with van der Waals surface area (Å²) in [4.78, 5) is 0. The number of halogens is 2. The first-order valence-corrected chi connectivity index (χ1v) is 6.43. The van der Waals surface area contributed by atoms with E-state index in [9.17, 15) is 5.11 Å². The van der Waals surface area contributed by atoms with Gasteiger partial charge in [-0.1, -0.05) is 37.0 Å². The Hall–Kier alpha value is -1.03. The van der Waals surface area contributed by atoms with Crippen LogP contribution in [-0.4, -0.2) is 14.9 Å². The van der Waals surface area contributed by atoms with Crippen LogP contribution in [0.4, 0.5) is 0 Å². The molecule has 0 aliphatic rings. The second-order valence-electron chi connectivity index (χ2n) is 4.38. The average Bonchev–Trinajstić information content (AvgIpc) is 2.72. The van der Waals surface area contributed by atoms with Gasteiger partial charge in [0.1, 0.15) is 0 Å². The fourth-order valence-corrected chi connectivity index (χ4v) is 2.46. The third-order valence-corrected chi connectivity index (χ3v) is 3.28. The van der Waals surface area contributed by atoms with E-state index in [-0.39, 0.29) is 12.5 Å². The Labute approximate surface area is 116 Å². The van der Waals surface area contributed by atoms with Gasteiger partial charge in [-0.3, -0.25) is 0 Å². The van der Waals surface area contributed by atoms with Crippen molar-refractivity contribution in [3.8, 4) is 5.69 Å². The molecule has 1 aromatic heterocycles. The maximum absolute atomic E-state index is 9.33. The molecule has 0 unspecified atom stereocenters. The molecule has 2 aromatic rings. The zero-order valence-electron chi connectivity index (χ0n) is 10.2. The van der Waals surface area contributed by atoms with Crippen LogP contribution in [0.5, 0.6) is 0 Å². The highest BCUT2D eigenvalue weighted by Crippen LogP contribution is 2.28. The molecule has 18 heavy (non-hydrogen) atoms. The maximum Gasteiger partial charge on any atom is 0.0836 e. The zero-order chi connectivity index (χ0) is 13.3. The highest BCUT2D eigenvalue weighted by Gasteiger charge is 2.16. The smallest absolute Gasteiger partial charge is 0.0836 e. The van der Waals surface area contributed by atoms with E-state index in [1.54, 1.807) is 23.0 Å². The van der Waals surface area contributed by atoms with Gasteiger partial charge in [0.25, 0.3) is 0 Å². The number of hydrogen-bond acceptors (Lipinski definition) is 2. The van der Waals surface area contributed by atoms with Crippen molar-refractivity contribution in [3.05, 3.63) is 45.7 Å². The number of rotatable bonds is 3. The van der Waals surface area contributed by atoms with E-state index in [4.69, 9.17) is 23.2 Å². The van der Waals surface area contributed by atoms with Crippen molar-refractivity contribution in [2.45, 2.75) is 26.4 Å². The van der Waals surface area contributed by atoms with Gasteiger partial charge in [-0.15, -0.1) is 0 Å². The second kappa shape index (κ2) is 5.31. The van der Waals surface area contributed by atoms with Crippen LogP contribution in [0.25, 0.3) is 5.69 Å². The van der Waals surface area contributed by atoms with E-state index in [1.807, 2.05) is 6.07 Å². The SMILES string of the molecule is CC(C)c1c(CO)cnn1-c1ccc(Cl)cc1Cl.